The molecule has 0 bridgehead atoms. The molecule has 0 aliphatic carbocycles. The van der Waals surface area contributed by atoms with Crippen LogP contribution in [0.5, 0.6) is 0 Å². The summed E-state index contributed by atoms with van der Waals surface area (Å²) in [5.74, 6) is 1.71. The first-order valence-electron chi connectivity index (χ1n) is 3.51. The Balaban J connectivity index is 2.71. The van der Waals surface area contributed by atoms with Crippen LogP contribution in [-0.4, -0.2) is 24.6 Å². The molecule has 68 valence electrons. The number of carbonyl (C=O) groups is 1. The molecule has 1 aromatic rings. The van der Waals surface area contributed by atoms with Crippen LogP contribution in [0.25, 0.3) is 0 Å². The molecule has 1 heterocycles. The van der Waals surface area contributed by atoms with Crippen LogP contribution in [0.2, 0.25) is 0 Å². The Morgan fingerprint density at radius 3 is 3.31 bits per heavy atom. The normalized spacial score (nSPS) is 8.92. The second-order valence-corrected chi connectivity index (χ2v) is 2.92. The summed E-state index contributed by atoms with van der Waals surface area (Å²) in [7, 11) is 1.71. The molecule has 0 aromatic carbocycles. The van der Waals surface area contributed by atoms with Crippen LogP contribution in [0.4, 0.5) is 5.00 Å². The van der Waals surface area contributed by atoms with Gasteiger partial charge in [0.25, 0.3) is 0 Å². The summed E-state index contributed by atoms with van der Waals surface area (Å²) in [5, 5.41) is 3.52. The second-order valence-electron chi connectivity index (χ2n) is 2.06. The van der Waals surface area contributed by atoms with Gasteiger partial charge in [-0.3, -0.25) is 0 Å². The smallest absolute Gasteiger partial charge is 0.360 e. The number of hydrogen-bond acceptors (Lipinski definition) is 5. The van der Waals surface area contributed by atoms with Gasteiger partial charge in [0.15, 0.2) is 12.3 Å². The van der Waals surface area contributed by atoms with Crippen molar-refractivity contribution in [3.05, 3.63) is 11.2 Å². The Morgan fingerprint density at radius 2 is 2.69 bits per heavy atom. The highest BCUT2D eigenvalue weighted by atomic mass is 32.1. The minimum absolute atomic E-state index is 0.0283. The third-order valence-electron chi connectivity index (χ3n) is 1.27. The fraction of sp³-hybridized carbons (Fsp3) is 0.250. The Hall–Kier alpha value is -1.54. The van der Waals surface area contributed by atoms with Crippen molar-refractivity contribution in [3.63, 3.8) is 0 Å². The molecular weight excluding hydrogens is 188 g/mol. The highest BCUT2D eigenvalue weighted by Crippen LogP contribution is 2.19. The number of nitrogens with zero attached hydrogens (tertiary/aromatic N) is 1. The van der Waals surface area contributed by atoms with E-state index < -0.39 is 5.97 Å². The standard InChI is InChI=1S/C8H8N2O2S/c1-3-4-12-8(11)6-7(9-2)13-5-10-6/h1,5,9H,4H2,2H3. The highest BCUT2D eigenvalue weighted by Gasteiger charge is 2.14. The van der Waals surface area contributed by atoms with Crippen molar-refractivity contribution in [2.45, 2.75) is 0 Å². The molecule has 0 amide bonds. The molecule has 0 saturated heterocycles. The van der Waals surface area contributed by atoms with Gasteiger partial charge in [-0.1, -0.05) is 5.92 Å². The van der Waals surface area contributed by atoms with Gasteiger partial charge in [0, 0.05) is 7.05 Å². The fourth-order valence-corrected chi connectivity index (χ4v) is 1.37. The van der Waals surface area contributed by atoms with Gasteiger partial charge in [-0.25, -0.2) is 9.78 Å². The highest BCUT2D eigenvalue weighted by molar-refractivity contribution is 7.14. The van der Waals surface area contributed by atoms with E-state index in [0.29, 0.717) is 5.00 Å². The molecule has 0 spiro atoms. The van der Waals surface area contributed by atoms with E-state index in [-0.39, 0.29) is 12.3 Å². The van der Waals surface area contributed by atoms with Crippen LogP contribution in [0.15, 0.2) is 5.51 Å². The van der Waals surface area contributed by atoms with Crippen molar-refractivity contribution >= 4 is 22.3 Å². The van der Waals surface area contributed by atoms with E-state index in [1.807, 2.05) is 0 Å². The number of anilines is 1. The summed E-state index contributed by atoms with van der Waals surface area (Å²) in [6, 6.07) is 0. The van der Waals surface area contributed by atoms with Crippen LogP contribution < -0.4 is 5.32 Å². The zero-order valence-corrected chi connectivity index (χ0v) is 7.85. The van der Waals surface area contributed by atoms with Crippen molar-refractivity contribution < 1.29 is 9.53 Å². The van der Waals surface area contributed by atoms with Gasteiger partial charge < -0.3 is 10.1 Å². The molecule has 4 nitrogen and oxygen atoms in total. The van der Waals surface area contributed by atoms with Gasteiger partial charge in [0.1, 0.15) is 5.00 Å². The van der Waals surface area contributed by atoms with Crippen LogP contribution in [0.3, 0.4) is 0 Å². The first-order valence-corrected chi connectivity index (χ1v) is 4.39. The zero-order valence-electron chi connectivity index (χ0n) is 7.03. The van der Waals surface area contributed by atoms with E-state index in [2.05, 4.69) is 16.2 Å². The quantitative estimate of drug-likeness (QED) is 0.578. The van der Waals surface area contributed by atoms with Crippen molar-refractivity contribution in [1.29, 1.82) is 0 Å². The van der Waals surface area contributed by atoms with Crippen molar-refractivity contribution in [1.82, 2.24) is 4.98 Å². The molecule has 0 saturated carbocycles. The molecule has 0 unspecified atom stereocenters. The summed E-state index contributed by atoms with van der Waals surface area (Å²) in [4.78, 5) is 15.1. The molecule has 13 heavy (non-hydrogen) atoms. The first-order chi connectivity index (χ1) is 6.29. The third kappa shape index (κ3) is 2.20. The van der Waals surface area contributed by atoms with Gasteiger partial charge in [0.2, 0.25) is 0 Å². The Kier molecular flexibility index (Phi) is 3.29. The predicted molar refractivity (Wildman–Crippen MR) is 50.8 cm³/mol. The van der Waals surface area contributed by atoms with Crippen LogP contribution >= 0.6 is 11.3 Å². The van der Waals surface area contributed by atoms with Crippen LogP contribution in [-0.2, 0) is 4.74 Å². The van der Waals surface area contributed by atoms with Crippen LogP contribution in [0.1, 0.15) is 10.5 Å². The van der Waals surface area contributed by atoms with E-state index in [1.54, 1.807) is 12.6 Å². The molecule has 0 fully saturated rings. The molecule has 0 aliphatic rings. The number of thiazole rings is 1. The lowest BCUT2D eigenvalue weighted by Gasteiger charge is -1.99. The predicted octanol–water partition coefficient (Wildman–Crippen LogP) is 0.975. The molecule has 0 atom stereocenters. The molecule has 0 aliphatic heterocycles. The topological polar surface area (TPSA) is 51.2 Å². The minimum atomic E-state index is -0.497. The Morgan fingerprint density at radius 1 is 1.92 bits per heavy atom. The average Bonchev–Trinajstić information content (AvgIpc) is 2.61. The lowest BCUT2D eigenvalue weighted by molar-refractivity contribution is 0.0552. The summed E-state index contributed by atoms with van der Waals surface area (Å²) in [6.07, 6.45) is 4.94. The maximum Gasteiger partial charge on any atom is 0.360 e. The van der Waals surface area contributed by atoms with Crippen LogP contribution in [0, 0.1) is 12.3 Å². The lowest BCUT2D eigenvalue weighted by atomic mass is 10.4. The lowest BCUT2D eigenvalue weighted by Crippen LogP contribution is -2.07. The zero-order chi connectivity index (χ0) is 9.68. The van der Waals surface area contributed by atoms with Gasteiger partial charge in [-0.05, 0) is 0 Å². The van der Waals surface area contributed by atoms with Gasteiger partial charge in [-0.15, -0.1) is 17.8 Å². The second kappa shape index (κ2) is 4.48. The SMILES string of the molecule is C#CCOC(=O)c1ncsc1NC. The number of ether oxygens (including phenoxy) is 1. The number of hydrogen-bond donors (Lipinski definition) is 1. The summed E-state index contributed by atoms with van der Waals surface area (Å²) >= 11 is 1.34. The van der Waals surface area contributed by atoms with Gasteiger partial charge >= 0.3 is 5.97 Å². The number of rotatable bonds is 3. The Labute approximate surface area is 79.9 Å². The summed E-state index contributed by atoms with van der Waals surface area (Å²) < 4.78 is 4.71. The fourth-order valence-electron chi connectivity index (χ4n) is 0.745. The maximum absolute atomic E-state index is 11.2. The van der Waals surface area contributed by atoms with E-state index in [4.69, 9.17) is 11.2 Å². The largest absolute Gasteiger partial charge is 0.448 e. The van der Waals surface area contributed by atoms with Crippen molar-refractivity contribution in [3.8, 4) is 12.3 Å². The van der Waals surface area contributed by atoms with Gasteiger partial charge in [0.05, 0.1) is 5.51 Å². The number of carbonyl (C=O) groups excluding carboxylic acids is 1. The number of aromatic nitrogens is 1. The van der Waals surface area contributed by atoms with E-state index in [1.165, 1.54) is 11.3 Å². The molecule has 1 aromatic heterocycles. The first kappa shape index (κ1) is 9.55. The number of nitrogens with one attached hydrogen (secondary N) is 1. The number of terminal acetylenes is 1. The average molecular weight is 196 g/mol. The third-order valence-corrected chi connectivity index (χ3v) is 2.12. The van der Waals surface area contributed by atoms with Gasteiger partial charge in [-0.2, -0.15) is 0 Å². The number of esters is 1. The molecular formula is C8H8N2O2S. The maximum atomic E-state index is 11.2. The van der Waals surface area contributed by atoms with Crippen molar-refractivity contribution in [2.24, 2.45) is 0 Å². The summed E-state index contributed by atoms with van der Waals surface area (Å²) in [6.45, 7) is -0.0283. The minimum Gasteiger partial charge on any atom is -0.448 e. The molecule has 1 N–H and O–H groups in total. The molecule has 5 heteroatoms. The van der Waals surface area contributed by atoms with E-state index in [0.717, 1.165) is 0 Å². The van der Waals surface area contributed by atoms with E-state index >= 15 is 0 Å². The Bertz CT molecular complexity index is 340. The molecule has 1 rings (SSSR count). The van der Waals surface area contributed by atoms with E-state index in [9.17, 15) is 4.79 Å². The summed E-state index contributed by atoms with van der Waals surface area (Å²) in [5.41, 5.74) is 1.85. The molecule has 0 radical (unpaired) electrons. The van der Waals surface area contributed by atoms with Crippen molar-refractivity contribution in [2.75, 3.05) is 19.0 Å². The monoisotopic (exact) mass is 196 g/mol.